The van der Waals surface area contributed by atoms with Crippen LogP contribution in [0.5, 0.6) is 17.2 Å². The van der Waals surface area contributed by atoms with Crippen molar-refractivity contribution in [1.82, 2.24) is 0 Å². The lowest BCUT2D eigenvalue weighted by Gasteiger charge is -2.39. The van der Waals surface area contributed by atoms with Gasteiger partial charge in [-0.1, -0.05) is 0 Å². The van der Waals surface area contributed by atoms with E-state index in [0.717, 1.165) is 6.07 Å². The second-order valence-corrected chi connectivity index (χ2v) is 7.39. The van der Waals surface area contributed by atoms with Crippen molar-refractivity contribution in [3.63, 3.8) is 0 Å². The van der Waals surface area contributed by atoms with E-state index in [1.165, 1.54) is 13.2 Å². The fourth-order valence-corrected chi connectivity index (χ4v) is 3.80. The second kappa shape index (κ2) is 7.98. The van der Waals surface area contributed by atoms with Gasteiger partial charge in [0.25, 0.3) is 0 Å². The molecule has 10 nitrogen and oxygen atoms in total. The molecule has 5 unspecified atom stereocenters. The van der Waals surface area contributed by atoms with E-state index in [1.807, 2.05) is 0 Å². The molecule has 1 fully saturated rings. The van der Waals surface area contributed by atoms with Crippen molar-refractivity contribution in [3.05, 3.63) is 40.2 Å². The van der Waals surface area contributed by atoms with Gasteiger partial charge in [-0.25, -0.2) is 4.79 Å². The van der Waals surface area contributed by atoms with Crippen LogP contribution in [-0.4, -0.2) is 70.0 Å². The second-order valence-electron chi connectivity index (χ2n) is 7.39. The molecule has 1 aromatic heterocycles. The minimum absolute atomic E-state index is 0.0245. The summed E-state index contributed by atoms with van der Waals surface area (Å²) in [4.78, 5) is 12.5. The Bertz CT molecular complexity index is 1180. The molecule has 5 atom stereocenters. The highest BCUT2D eigenvalue weighted by Gasteiger charge is 2.44. The Morgan fingerprint density at radius 1 is 1.00 bits per heavy atom. The number of rotatable bonds is 4. The highest BCUT2D eigenvalue weighted by atomic mass is 16.7. The van der Waals surface area contributed by atoms with Crippen LogP contribution in [0.2, 0.25) is 0 Å². The summed E-state index contributed by atoms with van der Waals surface area (Å²) in [5, 5.41) is 50.7. The highest BCUT2D eigenvalue weighted by Crippen LogP contribution is 2.37. The van der Waals surface area contributed by atoms with Crippen LogP contribution in [0.15, 0.2) is 33.5 Å². The highest BCUT2D eigenvalue weighted by molar-refractivity contribution is 6.08. The maximum atomic E-state index is 12.5. The van der Waals surface area contributed by atoms with Crippen LogP contribution in [0.1, 0.15) is 5.56 Å². The van der Waals surface area contributed by atoms with E-state index in [0.29, 0.717) is 22.1 Å². The molecule has 2 aromatic carbocycles. The number of hydrogen-bond donors (Lipinski definition) is 5. The third-order valence-electron chi connectivity index (χ3n) is 5.38. The molecule has 10 heteroatoms. The number of aliphatic hydroxyl groups is 4. The molecule has 0 saturated carbocycles. The Hall–Kier alpha value is -2.89. The van der Waals surface area contributed by atoms with Gasteiger partial charge in [-0.2, -0.15) is 0 Å². The van der Waals surface area contributed by atoms with Gasteiger partial charge in [-0.05, 0) is 24.6 Å². The van der Waals surface area contributed by atoms with E-state index < -0.39 is 48.7 Å². The number of methoxy groups -OCH3 is 1. The van der Waals surface area contributed by atoms with Gasteiger partial charge < -0.3 is 44.2 Å². The minimum atomic E-state index is -1.63. The minimum Gasteiger partial charge on any atom is -0.507 e. The number of phenolic OH excluding ortho intramolecular Hbond substituents is 1. The molecule has 0 aliphatic carbocycles. The molecule has 2 heterocycles. The molecule has 0 amide bonds. The molecule has 5 N–H and O–H groups in total. The van der Waals surface area contributed by atoms with Crippen molar-refractivity contribution in [2.24, 2.45) is 0 Å². The first-order valence-electron chi connectivity index (χ1n) is 9.50. The number of hydrogen-bond acceptors (Lipinski definition) is 10. The number of aromatic hydroxyl groups is 1. The normalized spacial score (nSPS) is 26.3. The number of aliphatic hydroxyl groups excluding tert-OH is 4. The van der Waals surface area contributed by atoms with Crippen molar-refractivity contribution in [3.8, 4) is 17.2 Å². The van der Waals surface area contributed by atoms with Gasteiger partial charge in [0.15, 0.2) is 0 Å². The molecular weight excluding hydrogens is 412 g/mol. The number of benzene rings is 2. The molecule has 0 radical (unpaired) electrons. The van der Waals surface area contributed by atoms with Gasteiger partial charge in [0.2, 0.25) is 6.29 Å². The largest absolute Gasteiger partial charge is 0.507 e. The van der Waals surface area contributed by atoms with Gasteiger partial charge in [0, 0.05) is 22.9 Å². The van der Waals surface area contributed by atoms with Crippen molar-refractivity contribution >= 4 is 21.7 Å². The summed E-state index contributed by atoms with van der Waals surface area (Å²) in [5.74, 6) is 0.102. The Morgan fingerprint density at radius 3 is 2.42 bits per heavy atom. The molecular formula is C21H22O10. The van der Waals surface area contributed by atoms with Crippen LogP contribution in [0.3, 0.4) is 0 Å². The van der Waals surface area contributed by atoms with E-state index >= 15 is 0 Å². The first kappa shape index (κ1) is 21.3. The zero-order valence-corrected chi connectivity index (χ0v) is 16.7. The van der Waals surface area contributed by atoms with E-state index in [4.69, 9.17) is 18.6 Å². The van der Waals surface area contributed by atoms with Gasteiger partial charge in [0.05, 0.1) is 13.7 Å². The summed E-state index contributed by atoms with van der Waals surface area (Å²) in [6, 6.07) is 5.90. The average molecular weight is 434 g/mol. The number of aryl methyl sites for hydroxylation is 1. The van der Waals surface area contributed by atoms with Crippen LogP contribution >= 0.6 is 0 Å². The smallest absolute Gasteiger partial charge is 0.347 e. The lowest BCUT2D eigenvalue weighted by Crippen LogP contribution is -2.60. The summed E-state index contributed by atoms with van der Waals surface area (Å²) in [6.45, 7) is 1.17. The molecule has 4 rings (SSSR count). The van der Waals surface area contributed by atoms with Crippen LogP contribution in [0, 0.1) is 6.92 Å². The summed E-state index contributed by atoms with van der Waals surface area (Å²) in [5.41, 5.74) is 0.207. The van der Waals surface area contributed by atoms with Crippen LogP contribution in [0.4, 0.5) is 0 Å². The topological polar surface area (TPSA) is 159 Å². The predicted molar refractivity (Wildman–Crippen MR) is 107 cm³/mol. The fraction of sp³-hybridized carbons (Fsp3) is 0.381. The quantitative estimate of drug-likeness (QED) is 0.282. The lowest BCUT2D eigenvalue weighted by atomic mass is 9.99. The first-order chi connectivity index (χ1) is 14.7. The maximum absolute atomic E-state index is 12.5. The van der Waals surface area contributed by atoms with Crippen molar-refractivity contribution in [2.75, 3.05) is 13.7 Å². The van der Waals surface area contributed by atoms with Crippen molar-refractivity contribution in [1.29, 1.82) is 0 Å². The molecule has 166 valence electrons. The van der Waals surface area contributed by atoms with Crippen LogP contribution in [0.25, 0.3) is 21.7 Å². The van der Waals surface area contributed by atoms with E-state index in [-0.39, 0.29) is 16.7 Å². The molecule has 1 aliphatic rings. The fourth-order valence-electron chi connectivity index (χ4n) is 3.80. The van der Waals surface area contributed by atoms with Gasteiger partial charge in [-0.15, -0.1) is 0 Å². The Labute approximate surface area is 175 Å². The third kappa shape index (κ3) is 3.58. The molecule has 3 aromatic rings. The molecule has 31 heavy (non-hydrogen) atoms. The Balaban J connectivity index is 1.83. The zero-order chi connectivity index (χ0) is 22.4. The van der Waals surface area contributed by atoms with E-state index in [2.05, 4.69) is 0 Å². The van der Waals surface area contributed by atoms with E-state index in [1.54, 1.807) is 19.1 Å². The standard InChI is InChI=1S/C21H22O10/c1-8-3-9(28-2)6-13-15(8)11-4-10(5-12(23)16(11)20(27)30-13)29-21-19(26)18(25)17(24)14(7-22)31-21/h3-6,14,17-19,21-26H,7H2,1-2H3. The summed E-state index contributed by atoms with van der Waals surface area (Å²) in [6.07, 6.45) is -7.37. The van der Waals surface area contributed by atoms with Crippen molar-refractivity contribution in [2.45, 2.75) is 37.6 Å². The molecule has 1 saturated heterocycles. The number of fused-ring (bicyclic) bond motifs is 3. The molecule has 0 bridgehead atoms. The monoisotopic (exact) mass is 434 g/mol. The zero-order valence-electron chi connectivity index (χ0n) is 16.7. The van der Waals surface area contributed by atoms with Crippen LogP contribution in [-0.2, 0) is 4.74 Å². The maximum Gasteiger partial charge on any atom is 0.347 e. The van der Waals surface area contributed by atoms with Crippen LogP contribution < -0.4 is 15.1 Å². The molecule has 0 spiro atoms. The SMILES string of the molecule is COc1cc(C)c2c(c1)oc(=O)c1c(O)cc(OC3OC(CO)C(O)C(O)C3O)cc12. The summed E-state index contributed by atoms with van der Waals surface area (Å²) in [7, 11) is 1.48. The first-order valence-corrected chi connectivity index (χ1v) is 9.50. The summed E-state index contributed by atoms with van der Waals surface area (Å²) < 4.78 is 21.5. The summed E-state index contributed by atoms with van der Waals surface area (Å²) >= 11 is 0. The Kier molecular flexibility index (Phi) is 5.50. The van der Waals surface area contributed by atoms with Gasteiger partial charge in [-0.3, -0.25) is 0 Å². The molecule has 1 aliphatic heterocycles. The van der Waals surface area contributed by atoms with Gasteiger partial charge in [0.1, 0.15) is 52.6 Å². The number of ether oxygens (including phenoxy) is 3. The Morgan fingerprint density at radius 2 is 1.74 bits per heavy atom. The lowest BCUT2D eigenvalue weighted by molar-refractivity contribution is -0.277. The van der Waals surface area contributed by atoms with E-state index in [9.17, 15) is 30.3 Å². The number of phenols is 1. The van der Waals surface area contributed by atoms with Crippen molar-refractivity contribution < 1.29 is 44.2 Å². The predicted octanol–water partition coefficient (Wildman–Crippen LogP) is 0.148. The third-order valence-corrected chi connectivity index (χ3v) is 5.38. The average Bonchev–Trinajstić information content (AvgIpc) is 2.73. The van der Waals surface area contributed by atoms with Gasteiger partial charge >= 0.3 is 5.63 Å².